The Morgan fingerprint density at radius 2 is 1.46 bits per heavy atom. The van der Waals surface area contributed by atoms with Crippen LogP contribution in [0.2, 0.25) is 0 Å². The highest BCUT2D eigenvalue weighted by Crippen LogP contribution is 2.61. The first kappa shape index (κ1) is 20.4. The normalized spacial score (nSPS) is 22.5. The van der Waals surface area contributed by atoms with E-state index >= 15 is 0 Å². The van der Waals surface area contributed by atoms with E-state index in [4.69, 9.17) is 18.9 Å². The van der Waals surface area contributed by atoms with Crippen molar-refractivity contribution in [3.63, 3.8) is 0 Å². The average Bonchev–Trinajstić information content (AvgIpc) is 3.12. The van der Waals surface area contributed by atoms with Gasteiger partial charge in [0, 0.05) is 22.6 Å². The van der Waals surface area contributed by atoms with E-state index in [1.807, 2.05) is 36.4 Å². The molecule has 3 aliphatic rings. The molecule has 0 saturated heterocycles. The molecule has 3 atom stereocenters. The predicted molar refractivity (Wildman–Crippen MR) is 134 cm³/mol. The molecule has 1 heterocycles. The Labute approximate surface area is 203 Å². The summed E-state index contributed by atoms with van der Waals surface area (Å²) in [6.07, 6.45) is 3.73. The molecule has 35 heavy (non-hydrogen) atoms. The zero-order valence-electron chi connectivity index (χ0n) is 19.7. The molecule has 4 aromatic carbocycles. The molecule has 0 saturated carbocycles. The summed E-state index contributed by atoms with van der Waals surface area (Å²) in [5.74, 6) is 0.983. The van der Waals surface area contributed by atoms with E-state index in [9.17, 15) is 5.11 Å². The van der Waals surface area contributed by atoms with Gasteiger partial charge >= 0.3 is 0 Å². The molecule has 7 rings (SSSR count). The van der Waals surface area contributed by atoms with E-state index < -0.39 is 5.79 Å². The summed E-state index contributed by atoms with van der Waals surface area (Å²) >= 11 is 0. The molecule has 0 spiro atoms. The smallest absolute Gasteiger partial charge is 0.239 e. The van der Waals surface area contributed by atoms with Gasteiger partial charge in [-0.15, -0.1) is 0 Å². The number of hydrogen-bond acceptors (Lipinski definition) is 5. The lowest BCUT2D eigenvalue weighted by Crippen LogP contribution is -2.38. The van der Waals surface area contributed by atoms with E-state index in [0.29, 0.717) is 5.75 Å². The number of hydrogen-bond donors (Lipinski definition) is 1. The van der Waals surface area contributed by atoms with Crippen LogP contribution in [0.4, 0.5) is 0 Å². The second-order valence-corrected chi connectivity index (χ2v) is 9.27. The van der Waals surface area contributed by atoms with E-state index in [-0.39, 0.29) is 11.8 Å². The Balaban J connectivity index is 1.71. The standard InChI is InChI=1S/C30H24O5/c1-32-19-9-4-16(5-10-19)23-26-20(33-2)11-6-17-8-13-22-28(24(17)26)29-25-18(14-15-30(29,31)35-22)7-12-21(34-3)27(23)25/h4-15,23,29,31H,1-3H3. The van der Waals surface area contributed by atoms with Crippen molar-refractivity contribution in [2.24, 2.45) is 0 Å². The van der Waals surface area contributed by atoms with E-state index in [0.717, 1.165) is 61.4 Å². The lowest BCUT2D eigenvalue weighted by Gasteiger charge is -2.33. The van der Waals surface area contributed by atoms with Gasteiger partial charge in [0.15, 0.2) is 0 Å². The summed E-state index contributed by atoms with van der Waals surface area (Å²) in [7, 11) is 5.07. The molecule has 5 heteroatoms. The number of aliphatic hydroxyl groups is 1. The summed E-state index contributed by atoms with van der Waals surface area (Å²) < 4.78 is 23.6. The van der Waals surface area contributed by atoms with Gasteiger partial charge in [0.2, 0.25) is 5.79 Å². The predicted octanol–water partition coefficient (Wildman–Crippen LogP) is 5.60. The molecule has 0 fully saturated rings. The third kappa shape index (κ3) is 2.56. The van der Waals surface area contributed by atoms with E-state index in [1.54, 1.807) is 27.4 Å². The molecule has 0 aromatic heterocycles. The molecular formula is C30H24O5. The lowest BCUT2D eigenvalue weighted by molar-refractivity contribution is -0.0885. The third-order valence-corrected chi connectivity index (χ3v) is 7.70. The Bertz CT molecular complexity index is 1550. The Kier molecular flexibility index (Phi) is 4.10. The largest absolute Gasteiger partial charge is 0.497 e. The molecule has 1 N–H and O–H groups in total. The van der Waals surface area contributed by atoms with Gasteiger partial charge < -0.3 is 24.1 Å². The van der Waals surface area contributed by atoms with Crippen LogP contribution in [0.25, 0.3) is 16.8 Å². The molecule has 2 aliphatic carbocycles. The first-order chi connectivity index (χ1) is 17.1. The fourth-order valence-electron chi connectivity index (χ4n) is 6.26. The maximum absolute atomic E-state index is 11.8. The number of benzene rings is 4. The van der Waals surface area contributed by atoms with Crippen LogP contribution in [0.5, 0.6) is 23.0 Å². The Morgan fingerprint density at radius 3 is 2.20 bits per heavy atom. The van der Waals surface area contributed by atoms with Crippen molar-refractivity contribution in [1.82, 2.24) is 0 Å². The molecule has 0 radical (unpaired) electrons. The van der Waals surface area contributed by atoms with Crippen LogP contribution in [0, 0.1) is 0 Å². The maximum Gasteiger partial charge on any atom is 0.239 e. The summed E-state index contributed by atoms with van der Waals surface area (Å²) in [5, 5.41) is 13.9. The van der Waals surface area contributed by atoms with Gasteiger partial charge in [0.05, 0.1) is 27.2 Å². The van der Waals surface area contributed by atoms with Crippen LogP contribution >= 0.6 is 0 Å². The lowest BCUT2D eigenvalue weighted by atomic mass is 9.75. The molecule has 5 nitrogen and oxygen atoms in total. The van der Waals surface area contributed by atoms with Crippen molar-refractivity contribution in [3.8, 4) is 23.0 Å². The minimum atomic E-state index is -1.47. The summed E-state index contributed by atoms with van der Waals surface area (Å²) in [6, 6.07) is 20.3. The van der Waals surface area contributed by atoms with Crippen molar-refractivity contribution >= 4 is 16.8 Å². The van der Waals surface area contributed by atoms with Gasteiger partial charge in [0.25, 0.3) is 0 Å². The van der Waals surface area contributed by atoms with E-state index in [1.165, 1.54) is 0 Å². The van der Waals surface area contributed by atoms with Crippen LogP contribution < -0.4 is 18.9 Å². The molecular weight excluding hydrogens is 440 g/mol. The zero-order chi connectivity index (χ0) is 23.9. The fraction of sp³-hybridized carbons (Fsp3) is 0.200. The van der Waals surface area contributed by atoms with Crippen LogP contribution in [0.3, 0.4) is 0 Å². The van der Waals surface area contributed by atoms with E-state index in [2.05, 4.69) is 30.3 Å². The highest BCUT2D eigenvalue weighted by atomic mass is 16.6. The molecule has 0 bridgehead atoms. The minimum absolute atomic E-state index is 0.197. The molecule has 1 aliphatic heterocycles. The average molecular weight is 465 g/mol. The monoisotopic (exact) mass is 464 g/mol. The van der Waals surface area contributed by atoms with Crippen LogP contribution in [0.15, 0.2) is 66.7 Å². The first-order valence-electron chi connectivity index (χ1n) is 11.7. The second kappa shape index (κ2) is 7.03. The maximum atomic E-state index is 11.8. The first-order valence-corrected chi connectivity index (χ1v) is 11.7. The zero-order valence-corrected chi connectivity index (χ0v) is 19.7. The summed E-state index contributed by atoms with van der Waals surface area (Å²) in [4.78, 5) is 0. The SMILES string of the molecule is COc1ccc(C2c3c(OC)ccc4c3C3c5c(ccc6ccc(OC)c2c56)OC3(O)C=C4)cc1. The topological polar surface area (TPSA) is 57.2 Å². The van der Waals surface area contributed by atoms with Gasteiger partial charge in [0.1, 0.15) is 23.0 Å². The Morgan fingerprint density at radius 1 is 0.743 bits per heavy atom. The van der Waals surface area contributed by atoms with Gasteiger partial charge in [-0.1, -0.05) is 36.4 Å². The third-order valence-electron chi connectivity index (χ3n) is 7.70. The van der Waals surface area contributed by atoms with Crippen molar-refractivity contribution in [3.05, 3.63) is 100 Å². The second-order valence-electron chi connectivity index (χ2n) is 9.27. The molecule has 0 amide bonds. The number of methoxy groups -OCH3 is 3. The number of rotatable bonds is 4. The fourth-order valence-corrected chi connectivity index (χ4v) is 6.26. The van der Waals surface area contributed by atoms with Crippen LogP contribution in [0.1, 0.15) is 45.2 Å². The van der Waals surface area contributed by atoms with Gasteiger partial charge in [-0.05, 0) is 63.9 Å². The Hall–Kier alpha value is -3.96. The van der Waals surface area contributed by atoms with Gasteiger partial charge in [-0.25, -0.2) is 0 Å². The summed E-state index contributed by atoms with van der Waals surface area (Å²) in [5.41, 5.74) is 6.21. The van der Waals surface area contributed by atoms with Gasteiger partial charge in [-0.2, -0.15) is 0 Å². The van der Waals surface area contributed by atoms with Crippen LogP contribution in [-0.4, -0.2) is 32.2 Å². The van der Waals surface area contributed by atoms with Crippen molar-refractivity contribution in [1.29, 1.82) is 0 Å². The van der Waals surface area contributed by atoms with Crippen molar-refractivity contribution in [2.75, 3.05) is 21.3 Å². The number of ether oxygens (including phenoxy) is 4. The van der Waals surface area contributed by atoms with Crippen molar-refractivity contribution in [2.45, 2.75) is 17.6 Å². The van der Waals surface area contributed by atoms with Crippen molar-refractivity contribution < 1.29 is 24.1 Å². The molecule has 3 unspecified atom stereocenters. The quantitative estimate of drug-likeness (QED) is 0.426. The highest BCUT2D eigenvalue weighted by molar-refractivity contribution is 5.97. The molecule has 4 aromatic rings. The van der Waals surface area contributed by atoms with Crippen LogP contribution in [-0.2, 0) is 0 Å². The highest BCUT2D eigenvalue weighted by Gasteiger charge is 2.53. The van der Waals surface area contributed by atoms with Gasteiger partial charge in [-0.3, -0.25) is 0 Å². The summed E-state index contributed by atoms with van der Waals surface area (Å²) in [6.45, 7) is 0. The molecule has 174 valence electrons. The minimum Gasteiger partial charge on any atom is -0.497 e.